The van der Waals surface area contributed by atoms with Crippen molar-refractivity contribution in [2.24, 2.45) is 11.3 Å². The zero-order valence-corrected chi connectivity index (χ0v) is 30.5. The molecule has 2 aliphatic heterocycles. The average molecular weight is 734 g/mol. The highest BCUT2D eigenvalue weighted by Crippen LogP contribution is 2.47. The number of imidazole rings is 1. The largest absolute Gasteiger partial charge is 0.463 e. The highest BCUT2D eigenvalue weighted by molar-refractivity contribution is 6.31. The lowest BCUT2D eigenvalue weighted by atomic mass is 9.81. The van der Waals surface area contributed by atoms with Crippen molar-refractivity contribution in [1.82, 2.24) is 14.9 Å². The number of esters is 2. The van der Waals surface area contributed by atoms with Crippen LogP contribution in [0.4, 0.5) is 16.2 Å². The van der Waals surface area contributed by atoms with Crippen molar-refractivity contribution in [3.05, 3.63) is 53.3 Å². The number of nitrogens with one attached hydrogen (secondary N) is 2. The van der Waals surface area contributed by atoms with Gasteiger partial charge in [-0.3, -0.25) is 14.5 Å². The molecule has 3 fully saturated rings. The lowest BCUT2D eigenvalue weighted by Crippen LogP contribution is -2.53. The summed E-state index contributed by atoms with van der Waals surface area (Å²) in [5, 5.41) is 6.75. The fourth-order valence-corrected chi connectivity index (χ4v) is 7.02. The quantitative estimate of drug-likeness (QED) is 0.131. The number of aromatic nitrogens is 2. The minimum atomic E-state index is -2.06. The number of hydrogen-bond acceptors (Lipinski definition) is 10. The molecule has 52 heavy (non-hydrogen) atoms. The van der Waals surface area contributed by atoms with E-state index in [0.717, 1.165) is 18.7 Å². The van der Waals surface area contributed by atoms with Crippen LogP contribution in [0.15, 0.2) is 42.7 Å². The third-order valence-corrected chi connectivity index (χ3v) is 10.3. The molecule has 6 rings (SSSR count). The van der Waals surface area contributed by atoms with Gasteiger partial charge in [-0.15, -0.1) is 6.42 Å². The van der Waals surface area contributed by atoms with E-state index >= 15 is 0 Å². The number of fused-ring (bicyclic) bond motifs is 1. The number of carbonyl (C=O) groups is 4. The second-order valence-electron chi connectivity index (χ2n) is 13.8. The number of Topliss-reactive ketones (excluding diaryl/α,β-unsaturated/α-hetero) is 1. The van der Waals surface area contributed by atoms with Gasteiger partial charge in [0.2, 0.25) is 5.60 Å². The molecule has 14 heteroatoms. The van der Waals surface area contributed by atoms with Crippen LogP contribution in [0.3, 0.4) is 0 Å². The van der Waals surface area contributed by atoms with Crippen LogP contribution in [0.25, 0.3) is 11.0 Å². The number of ketones is 1. The van der Waals surface area contributed by atoms with Gasteiger partial charge < -0.3 is 34.1 Å². The Morgan fingerprint density at radius 2 is 1.96 bits per heavy atom. The number of hydrogen-bond donors (Lipinski definition) is 2. The van der Waals surface area contributed by atoms with E-state index in [4.69, 9.17) is 37.0 Å². The summed E-state index contributed by atoms with van der Waals surface area (Å²) in [6.45, 7) is 7.55. The van der Waals surface area contributed by atoms with Crippen molar-refractivity contribution in [1.29, 1.82) is 0 Å². The fraction of sp³-hybridized carbons (Fsp3) is 0.500. The Hall–Kier alpha value is -4.64. The molecule has 2 aromatic carbocycles. The van der Waals surface area contributed by atoms with Crippen molar-refractivity contribution < 1.29 is 38.1 Å². The van der Waals surface area contributed by atoms with Gasteiger partial charge in [0.25, 0.3) is 0 Å². The summed E-state index contributed by atoms with van der Waals surface area (Å²) in [5.74, 6) is 1.35. The minimum absolute atomic E-state index is 0.00654. The molecule has 3 heterocycles. The Bertz CT molecular complexity index is 1890. The second kappa shape index (κ2) is 15.1. The van der Waals surface area contributed by atoms with Crippen molar-refractivity contribution >= 4 is 57.8 Å². The molecule has 1 saturated carbocycles. The maximum atomic E-state index is 13.7. The number of ether oxygens (including phenoxy) is 4. The van der Waals surface area contributed by atoms with Crippen LogP contribution in [0.5, 0.6) is 0 Å². The Balaban J connectivity index is 1.30. The number of benzene rings is 2. The van der Waals surface area contributed by atoms with Crippen LogP contribution in [-0.4, -0.2) is 84.0 Å². The predicted molar refractivity (Wildman–Crippen MR) is 194 cm³/mol. The number of amides is 2. The highest BCUT2D eigenvalue weighted by Gasteiger charge is 2.57. The minimum Gasteiger partial charge on any atom is -0.463 e. The van der Waals surface area contributed by atoms with Gasteiger partial charge in [-0.2, -0.15) is 0 Å². The third kappa shape index (κ3) is 7.33. The summed E-state index contributed by atoms with van der Waals surface area (Å²) in [6.07, 6.45) is 7.79. The average Bonchev–Trinajstić information content (AvgIpc) is 3.80. The molecule has 2 amide bonds. The Labute approximate surface area is 307 Å². The first-order chi connectivity index (χ1) is 24.9. The van der Waals surface area contributed by atoms with E-state index in [1.54, 1.807) is 60.0 Å². The molecule has 3 aliphatic rings. The van der Waals surface area contributed by atoms with Crippen molar-refractivity contribution in [2.75, 3.05) is 43.1 Å². The number of carbonyl (C=O) groups excluding carboxylic acids is 4. The standard InChI is InChI=1S/C38H44ClN5O8/c1-6-37(5)31(52-34(33(37)51-24(4)46)44-22-42-32-29(41-20-26-9-10-26)17-27(39)18-30(32)44)21-50-38(23(3)45,35(47)49-7-2)19-25-11-13-28(14-12-25)43-16-8-15-40-36(43)48/h1,11-14,17-18,22,26,31,33-34,41H,7-10,15-16,19-21H2,2-5H3,(H,40,48)/t31-,33+,34-,37+,38?/m1/s1. The maximum absolute atomic E-state index is 13.7. The molecule has 3 aromatic rings. The topological polar surface area (TPSA) is 150 Å². The molecule has 0 bridgehead atoms. The van der Waals surface area contributed by atoms with Gasteiger partial charge >= 0.3 is 18.0 Å². The van der Waals surface area contributed by atoms with Crippen LogP contribution < -0.4 is 15.5 Å². The molecule has 0 spiro atoms. The Morgan fingerprint density at radius 3 is 2.60 bits per heavy atom. The smallest absolute Gasteiger partial charge is 0.346 e. The van der Waals surface area contributed by atoms with Crippen LogP contribution >= 0.6 is 11.6 Å². The maximum Gasteiger partial charge on any atom is 0.346 e. The van der Waals surface area contributed by atoms with E-state index in [2.05, 4.69) is 21.5 Å². The Kier molecular flexibility index (Phi) is 10.8. The van der Waals surface area contributed by atoms with Gasteiger partial charge in [0.1, 0.15) is 11.6 Å². The first-order valence-corrected chi connectivity index (χ1v) is 17.9. The van der Waals surface area contributed by atoms with Gasteiger partial charge in [-0.1, -0.05) is 29.7 Å². The summed E-state index contributed by atoms with van der Waals surface area (Å²) >= 11 is 6.57. The molecule has 0 radical (unpaired) electrons. The number of rotatable bonds is 14. The summed E-state index contributed by atoms with van der Waals surface area (Å²) < 4.78 is 25.9. The Morgan fingerprint density at radius 1 is 1.21 bits per heavy atom. The van der Waals surface area contributed by atoms with Crippen LogP contribution in [-0.2, 0) is 39.8 Å². The van der Waals surface area contributed by atoms with Gasteiger partial charge in [0.05, 0.1) is 36.2 Å². The van der Waals surface area contributed by atoms with E-state index in [9.17, 15) is 19.2 Å². The summed E-state index contributed by atoms with van der Waals surface area (Å²) in [7, 11) is 0. The fourth-order valence-electron chi connectivity index (χ4n) is 6.81. The van der Waals surface area contributed by atoms with Gasteiger partial charge in [-0.25, -0.2) is 14.6 Å². The van der Waals surface area contributed by atoms with Gasteiger partial charge in [-0.05, 0) is 75.8 Å². The van der Waals surface area contributed by atoms with E-state index in [0.29, 0.717) is 46.3 Å². The SMILES string of the molecule is C#C[C@@]1(C)[C@@H](COC(Cc2ccc(N3CCCNC3=O)cc2)(C(C)=O)C(=O)OCC)O[C@@H](n2cnc3c(NCC4CC4)cc(Cl)cc32)[C@@H]1OC(C)=O. The molecule has 2 saturated heterocycles. The number of halogens is 1. The normalized spacial score (nSPS) is 24.1. The van der Waals surface area contributed by atoms with Crippen LogP contribution in [0, 0.1) is 23.7 Å². The van der Waals surface area contributed by atoms with E-state index < -0.39 is 47.2 Å². The monoisotopic (exact) mass is 733 g/mol. The van der Waals surface area contributed by atoms with E-state index in [-0.39, 0.29) is 25.7 Å². The third-order valence-electron chi connectivity index (χ3n) is 10.1. The van der Waals surface area contributed by atoms with E-state index in [1.807, 2.05) is 6.07 Å². The summed E-state index contributed by atoms with van der Waals surface area (Å²) in [6, 6.07) is 10.4. The number of terminal acetylenes is 1. The van der Waals surface area contributed by atoms with Crippen molar-refractivity contribution in [2.45, 2.75) is 77.4 Å². The van der Waals surface area contributed by atoms with Gasteiger partial charge in [0.15, 0.2) is 18.1 Å². The van der Waals surface area contributed by atoms with Gasteiger partial charge in [0, 0.05) is 43.7 Å². The molecular formula is C38H44ClN5O8. The van der Waals surface area contributed by atoms with E-state index in [1.165, 1.54) is 26.7 Å². The molecule has 1 unspecified atom stereocenters. The lowest BCUT2D eigenvalue weighted by Gasteiger charge is -2.33. The van der Waals surface area contributed by atoms with Crippen molar-refractivity contribution in [3.8, 4) is 12.3 Å². The first kappa shape index (κ1) is 37.1. The highest BCUT2D eigenvalue weighted by atomic mass is 35.5. The lowest BCUT2D eigenvalue weighted by molar-refractivity contribution is -0.182. The molecule has 1 aliphatic carbocycles. The summed E-state index contributed by atoms with van der Waals surface area (Å²) in [4.78, 5) is 58.3. The van der Waals surface area contributed by atoms with Crippen molar-refractivity contribution in [3.63, 3.8) is 0 Å². The molecule has 1 aromatic heterocycles. The number of nitrogens with zero attached hydrogens (tertiary/aromatic N) is 3. The first-order valence-electron chi connectivity index (χ1n) is 17.6. The number of anilines is 2. The molecular weight excluding hydrogens is 690 g/mol. The number of urea groups is 1. The molecule has 2 N–H and O–H groups in total. The molecule has 13 nitrogen and oxygen atoms in total. The van der Waals surface area contributed by atoms with Crippen LogP contribution in [0.1, 0.15) is 58.7 Å². The summed E-state index contributed by atoms with van der Waals surface area (Å²) in [5.41, 5.74) is -0.0244. The predicted octanol–water partition coefficient (Wildman–Crippen LogP) is 5.05. The molecule has 5 atom stereocenters. The zero-order valence-electron chi connectivity index (χ0n) is 29.8. The zero-order chi connectivity index (χ0) is 37.2. The molecule has 276 valence electrons. The van der Waals surface area contributed by atoms with Crippen LogP contribution in [0.2, 0.25) is 5.02 Å². The second-order valence-corrected chi connectivity index (χ2v) is 14.2.